The molecule has 0 saturated heterocycles. The van der Waals surface area contributed by atoms with Gasteiger partial charge in [0.05, 0.1) is 17.8 Å². The van der Waals surface area contributed by atoms with Gasteiger partial charge in [0, 0.05) is 11.9 Å². The summed E-state index contributed by atoms with van der Waals surface area (Å²) in [6.45, 7) is 2.66. The molecular formula is C15H14Cl2N6O3. The molecule has 3 aromatic rings. The predicted molar refractivity (Wildman–Crippen MR) is 94.4 cm³/mol. The maximum atomic E-state index is 11.0. The number of ether oxygens (including phenoxy) is 1. The van der Waals surface area contributed by atoms with Crippen molar-refractivity contribution >= 4 is 29.0 Å². The number of nitro groups is 1. The summed E-state index contributed by atoms with van der Waals surface area (Å²) in [5.74, 6) is 1.01. The van der Waals surface area contributed by atoms with E-state index in [4.69, 9.17) is 27.9 Å². The largest absolute Gasteiger partial charge is 0.486 e. The third kappa shape index (κ3) is 4.12. The summed E-state index contributed by atoms with van der Waals surface area (Å²) in [7, 11) is 0. The van der Waals surface area contributed by atoms with Crippen LogP contribution in [0.15, 0.2) is 30.6 Å². The zero-order valence-corrected chi connectivity index (χ0v) is 15.2. The van der Waals surface area contributed by atoms with Crippen LogP contribution < -0.4 is 4.74 Å². The van der Waals surface area contributed by atoms with Gasteiger partial charge in [-0.1, -0.05) is 28.4 Å². The molecule has 0 aliphatic carbocycles. The Morgan fingerprint density at radius 1 is 1.31 bits per heavy atom. The molecule has 0 fully saturated rings. The Morgan fingerprint density at radius 3 is 2.85 bits per heavy atom. The van der Waals surface area contributed by atoms with Gasteiger partial charge in [-0.2, -0.15) is 0 Å². The van der Waals surface area contributed by atoms with Gasteiger partial charge in [-0.05, 0) is 23.1 Å². The second kappa shape index (κ2) is 7.71. The van der Waals surface area contributed by atoms with Gasteiger partial charge < -0.3 is 14.9 Å². The molecule has 9 nitrogen and oxygen atoms in total. The molecule has 3 rings (SSSR count). The van der Waals surface area contributed by atoms with Crippen LogP contribution in [-0.2, 0) is 19.7 Å². The Morgan fingerprint density at radius 2 is 2.12 bits per heavy atom. The van der Waals surface area contributed by atoms with Crippen molar-refractivity contribution in [2.75, 3.05) is 0 Å². The summed E-state index contributed by atoms with van der Waals surface area (Å²) in [4.78, 5) is 14.5. The molecule has 0 atom stereocenters. The highest BCUT2D eigenvalue weighted by molar-refractivity contribution is 6.35. The Balaban J connectivity index is 1.60. The summed E-state index contributed by atoms with van der Waals surface area (Å²) < 4.78 is 8.71. The van der Waals surface area contributed by atoms with E-state index in [9.17, 15) is 10.1 Å². The number of benzene rings is 1. The predicted octanol–water partition coefficient (Wildman–Crippen LogP) is 3.28. The number of nitrogens with zero attached hydrogens (tertiary/aromatic N) is 6. The number of imidazole rings is 1. The minimum absolute atomic E-state index is 0.0523. The number of aromatic nitrogens is 5. The van der Waals surface area contributed by atoms with E-state index in [0.717, 1.165) is 0 Å². The lowest BCUT2D eigenvalue weighted by molar-refractivity contribution is -0.392. The average molecular weight is 397 g/mol. The van der Waals surface area contributed by atoms with Gasteiger partial charge in [-0.15, -0.1) is 5.10 Å². The van der Waals surface area contributed by atoms with E-state index in [-0.39, 0.29) is 12.4 Å². The molecule has 0 spiro atoms. The molecule has 1 aromatic carbocycles. The van der Waals surface area contributed by atoms with E-state index in [2.05, 4.69) is 15.3 Å². The fraction of sp³-hybridized carbons (Fsp3) is 0.267. The van der Waals surface area contributed by atoms with Crippen LogP contribution in [0.1, 0.15) is 11.5 Å². The summed E-state index contributed by atoms with van der Waals surface area (Å²) in [6.07, 6.45) is 2.95. The standard InChI is InChI=1S/C15H14Cl2N6O3/c1-10-18-7-15(23(24)25)22(10)5-4-21-8-12(19-20-21)9-26-14-3-2-11(16)6-13(14)17/h2-3,6-8H,4-5,9H2,1H3. The molecule has 136 valence electrons. The van der Waals surface area contributed by atoms with E-state index < -0.39 is 4.92 Å². The van der Waals surface area contributed by atoms with Gasteiger partial charge in [-0.25, -0.2) is 14.2 Å². The van der Waals surface area contributed by atoms with Gasteiger partial charge in [0.25, 0.3) is 0 Å². The molecule has 0 saturated carbocycles. The van der Waals surface area contributed by atoms with E-state index in [1.165, 1.54) is 10.8 Å². The van der Waals surface area contributed by atoms with Crippen molar-refractivity contribution in [3.63, 3.8) is 0 Å². The third-order valence-electron chi connectivity index (χ3n) is 3.63. The molecule has 2 aromatic heterocycles. The summed E-state index contributed by atoms with van der Waals surface area (Å²) >= 11 is 11.9. The monoisotopic (exact) mass is 396 g/mol. The maximum Gasteiger partial charge on any atom is 0.342 e. The molecule has 0 radical (unpaired) electrons. The number of halogens is 2. The Labute approximate surface area is 158 Å². The number of aryl methyl sites for hydroxylation is 2. The van der Waals surface area contributed by atoms with E-state index >= 15 is 0 Å². The topological polar surface area (TPSA) is 101 Å². The first-order chi connectivity index (χ1) is 12.4. The van der Waals surface area contributed by atoms with Crippen LogP contribution in [0.4, 0.5) is 5.82 Å². The molecule has 0 N–H and O–H groups in total. The second-order valence-corrected chi connectivity index (χ2v) is 6.25. The van der Waals surface area contributed by atoms with Gasteiger partial charge in [0.1, 0.15) is 30.8 Å². The molecule has 0 unspecified atom stereocenters. The fourth-order valence-corrected chi connectivity index (χ4v) is 2.80. The molecule has 2 heterocycles. The van der Waals surface area contributed by atoms with Gasteiger partial charge in [-0.3, -0.25) is 0 Å². The van der Waals surface area contributed by atoms with E-state index in [1.54, 1.807) is 36.0 Å². The van der Waals surface area contributed by atoms with Crippen molar-refractivity contribution in [1.82, 2.24) is 24.5 Å². The normalized spacial score (nSPS) is 10.9. The van der Waals surface area contributed by atoms with Crippen LogP contribution in [0, 0.1) is 17.0 Å². The molecule has 11 heteroatoms. The Bertz CT molecular complexity index is 939. The zero-order chi connectivity index (χ0) is 18.7. The van der Waals surface area contributed by atoms with Crippen LogP contribution in [0.2, 0.25) is 10.0 Å². The van der Waals surface area contributed by atoms with Crippen LogP contribution in [0.3, 0.4) is 0 Å². The van der Waals surface area contributed by atoms with Gasteiger partial charge in [0.15, 0.2) is 5.82 Å². The molecule has 26 heavy (non-hydrogen) atoms. The SMILES string of the molecule is Cc1ncc([N+](=O)[O-])n1CCn1cc(COc2ccc(Cl)cc2Cl)nn1. The number of hydrogen-bond donors (Lipinski definition) is 0. The lowest BCUT2D eigenvalue weighted by Gasteiger charge is -2.06. The smallest absolute Gasteiger partial charge is 0.342 e. The Hall–Kier alpha value is -2.65. The zero-order valence-electron chi connectivity index (χ0n) is 13.7. The highest BCUT2D eigenvalue weighted by Crippen LogP contribution is 2.28. The van der Waals surface area contributed by atoms with Crippen LogP contribution in [0.5, 0.6) is 5.75 Å². The highest BCUT2D eigenvalue weighted by atomic mass is 35.5. The number of rotatable bonds is 7. The molecule has 0 amide bonds. The van der Waals surface area contributed by atoms with Crippen molar-refractivity contribution in [2.24, 2.45) is 0 Å². The van der Waals surface area contributed by atoms with Crippen molar-refractivity contribution in [3.05, 3.63) is 62.3 Å². The van der Waals surface area contributed by atoms with Crippen molar-refractivity contribution in [3.8, 4) is 5.75 Å². The first kappa shape index (κ1) is 18.2. The van der Waals surface area contributed by atoms with Gasteiger partial charge in [0.2, 0.25) is 0 Å². The molecule has 0 aliphatic rings. The van der Waals surface area contributed by atoms with Crippen LogP contribution in [0.25, 0.3) is 0 Å². The second-order valence-electron chi connectivity index (χ2n) is 5.41. The fourth-order valence-electron chi connectivity index (χ4n) is 2.34. The van der Waals surface area contributed by atoms with Crippen molar-refractivity contribution < 1.29 is 9.66 Å². The quantitative estimate of drug-likeness (QED) is 0.448. The number of hydrogen-bond acceptors (Lipinski definition) is 6. The first-order valence-corrected chi connectivity index (χ1v) is 8.33. The first-order valence-electron chi connectivity index (χ1n) is 7.57. The van der Waals surface area contributed by atoms with E-state index in [1.807, 2.05) is 0 Å². The van der Waals surface area contributed by atoms with Crippen LogP contribution >= 0.6 is 23.2 Å². The maximum absolute atomic E-state index is 11.0. The summed E-state index contributed by atoms with van der Waals surface area (Å²) in [5, 5.41) is 19.9. The van der Waals surface area contributed by atoms with E-state index in [0.29, 0.717) is 40.4 Å². The summed E-state index contributed by atoms with van der Waals surface area (Å²) in [5.41, 5.74) is 0.605. The van der Waals surface area contributed by atoms with Crippen molar-refractivity contribution in [2.45, 2.75) is 26.6 Å². The average Bonchev–Trinajstić information content (AvgIpc) is 3.18. The van der Waals surface area contributed by atoms with Crippen molar-refractivity contribution in [1.29, 1.82) is 0 Å². The molecule has 0 aliphatic heterocycles. The summed E-state index contributed by atoms with van der Waals surface area (Å²) in [6, 6.07) is 4.95. The third-order valence-corrected chi connectivity index (χ3v) is 4.16. The molecule has 0 bridgehead atoms. The minimum atomic E-state index is -0.462. The molecular weight excluding hydrogens is 383 g/mol. The Kier molecular flexibility index (Phi) is 5.38. The lowest BCUT2D eigenvalue weighted by Crippen LogP contribution is -2.11. The minimum Gasteiger partial charge on any atom is -0.486 e. The van der Waals surface area contributed by atoms with Gasteiger partial charge >= 0.3 is 5.82 Å². The lowest BCUT2D eigenvalue weighted by atomic mass is 10.3. The highest BCUT2D eigenvalue weighted by Gasteiger charge is 2.17. The van der Waals surface area contributed by atoms with Crippen LogP contribution in [-0.4, -0.2) is 29.5 Å².